The van der Waals surface area contributed by atoms with Crippen molar-refractivity contribution in [2.24, 2.45) is 0 Å². The monoisotopic (exact) mass is 582 g/mol. The molecule has 8 aromatic carbocycles. The number of nitrogens with zero attached hydrogens (tertiary/aromatic N) is 2. The van der Waals surface area contributed by atoms with Crippen LogP contribution >= 0.6 is 0 Å². The highest BCUT2D eigenvalue weighted by Gasteiger charge is 2.54. The maximum Gasteiger partial charge on any atom is 0.134 e. The highest BCUT2D eigenvalue weighted by molar-refractivity contribution is 6.25. The molecular formula is C44H26N2. The molecular weight excluding hydrogens is 556 g/mol. The Morgan fingerprint density at radius 1 is 0.413 bits per heavy atom. The Balaban J connectivity index is 1.17. The SMILES string of the molecule is c1ccc2c(c1)-c1ccccc1C21c2ccccc2-n2c1nc1cc(-c3ccc4c5ccccc5c5ccccc5c4c3)ccc12. The van der Waals surface area contributed by atoms with Crippen LogP contribution in [0, 0.1) is 0 Å². The van der Waals surface area contributed by atoms with Gasteiger partial charge in [0.15, 0.2) is 0 Å². The maximum atomic E-state index is 5.54. The van der Waals surface area contributed by atoms with Crippen LogP contribution < -0.4 is 0 Å². The van der Waals surface area contributed by atoms with E-state index in [1.54, 1.807) is 0 Å². The Labute approximate surface area is 265 Å². The molecule has 0 atom stereocenters. The lowest BCUT2D eigenvalue weighted by molar-refractivity contribution is 0.738. The summed E-state index contributed by atoms with van der Waals surface area (Å²) in [6, 6.07) is 58.0. The molecule has 0 saturated heterocycles. The molecule has 11 rings (SSSR count). The van der Waals surface area contributed by atoms with Crippen LogP contribution in [0.5, 0.6) is 0 Å². The molecule has 1 spiro atoms. The number of para-hydroxylation sites is 1. The molecule has 1 aliphatic carbocycles. The van der Waals surface area contributed by atoms with Crippen molar-refractivity contribution in [2.75, 3.05) is 0 Å². The third-order valence-corrected chi connectivity index (χ3v) is 10.6. The van der Waals surface area contributed by atoms with Gasteiger partial charge in [-0.1, -0.05) is 133 Å². The minimum absolute atomic E-state index is 0.452. The molecule has 212 valence electrons. The lowest BCUT2D eigenvalue weighted by Crippen LogP contribution is -2.27. The molecule has 1 aliphatic heterocycles. The Morgan fingerprint density at radius 3 is 1.59 bits per heavy atom. The lowest BCUT2D eigenvalue weighted by Gasteiger charge is -2.27. The van der Waals surface area contributed by atoms with Gasteiger partial charge in [0.2, 0.25) is 0 Å². The van der Waals surface area contributed by atoms with E-state index in [9.17, 15) is 0 Å². The minimum Gasteiger partial charge on any atom is -0.295 e. The van der Waals surface area contributed by atoms with E-state index in [-0.39, 0.29) is 0 Å². The molecule has 0 amide bonds. The van der Waals surface area contributed by atoms with Gasteiger partial charge in [-0.15, -0.1) is 0 Å². The summed E-state index contributed by atoms with van der Waals surface area (Å²) in [5, 5.41) is 7.76. The molecule has 0 fully saturated rings. The van der Waals surface area contributed by atoms with Gasteiger partial charge in [-0.25, -0.2) is 4.98 Å². The largest absolute Gasteiger partial charge is 0.295 e. The molecule has 2 nitrogen and oxygen atoms in total. The summed E-state index contributed by atoms with van der Waals surface area (Å²) >= 11 is 0. The fourth-order valence-electron chi connectivity index (χ4n) is 8.71. The predicted octanol–water partition coefficient (Wildman–Crippen LogP) is 10.8. The number of benzene rings is 8. The molecule has 2 heterocycles. The molecule has 46 heavy (non-hydrogen) atoms. The van der Waals surface area contributed by atoms with Crippen LogP contribution in [-0.4, -0.2) is 9.55 Å². The number of aromatic nitrogens is 2. The maximum absolute atomic E-state index is 5.54. The quantitative estimate of drug-likeness (QED) is 0.176. The van der Waals surface area contributed by atoms with Crippen LogP contribution in [-0.2, 0) is 5.41 Å². The van der Waals surface area contributed by atoms with Gasteiger partial charge < -0.3 is 0 Å². The van der Waals surface area contributed by atoms with Gasteiger partial charge >= 0.3 is 0 Å². The van der Waals surface area contributed by atoms with E-state index >= 15 is 0 Å². The number of hydrogen-bond acceptors (Lipinski definition) is 1. The smallest absolute Gasteiger partial charge is 0.134 e. The van der Waals surface area contributed by atoms with E-state index in [4.69, 9.17) is 4.98 Å². The van der Waals surface area contributed by atoms with Crippen molar-refractivity contribution in [2.45, 2.75) is 5.41 Å². The number of imidazole rings is 1. The van der Waals surface area contributed by atoms with Gasteiger partial charge in [-0.05, 0) is 95.5 Å². The van der Waals surface area contributed by atoms with E-state index in [1.807, 2.05) is 0 Å². The van der Waals surface area contributed by atoms with E-state index in [1.165, 1.54) is 76.9 Å². The van der Waals surface area contributed by atoms with Gasteiger partial charge in [0.1, 0.15) is 11.2 Å². The summed E-state index contributed by atoms with van der Waals surface area (Å²) in [5.74, 6) is 1.08. The van der Waals surface area contributed by atoms with Crippen LogP contribution in [0.3, 0.4) is 0 Å². The molecule has 9 aromatic rings. The third-order valence-electron chi connectivity index (χ3n) is 10.6. The fourth-order valence-corrected chi connectivity index (χ4v) is 8.71. The molecule has 0 saturated carbocycles. The van der Waals surface area contributed by atoms with Crippen LogP contribution in [0.1, 0.15) is 22.5 Å². The summed E-state index contributed by atoms with van der Waals surface area (Å²) in [6.07, 6.45) is 0. The van der Waals surface area contributed by atoms with Gasteiger partial charge in [-0.3, -0.25) is 4.57 Å². The normalized spacial score (nSPS) is 13.8. The van der Waals surface area contributed by atoms with E-state index in [2.05, 4.69) is 162 Å². The average molecular weight is 583 g/mol. The van der Waals surface area contributed by atoms with Crippen molar-refractivity contribution in [3.8, 4) is 27.9 Å². The molecule has 2 heteroatoms. The Bertz CT molecular complexity index is 2680. The Hall–Kier alpha value is -5.99. The third kappa shape index (κ3) is 2.86. The minimum atomic E-state index is -0.452. The summed E-state index contributed by atoms with van der Waals surface area (Å²) in [7, 11) is 0. The standard InChI is InChI=1S/C44H26N2/c1-2-13-31-29(11-1)30-12-3-4-14-32(30)36-25-27(21-23-33(31)36)28-22-24-42-40(26-28)45-43-44(39-19-9-10-20-41(39)46(42)43)37-17-7-5-15-34(37)35-16-6-8-18-38(35)44/h1-26H. The van der Waals surface area contributed by atoms with Crippen LogP contribution in [0.25, 0.3) is 71.3 Å². The second-order valence-electron chi connectivity index (χ2n) is 12.7. The molecule has 0 N–H and O–H groups in total. The van der Waals surface area contributed by atoms with Crippen LogP contribution in [0.4, 0.5) is 0 Å². The van der Waals surface area contributed by atoms with Crippen molar-refractivity contribution in [3.05, 3.63) is 180 Å². The lowest BCUT2D eigenvalue weighted by atomic mass is 9.73. The molecule has 0 radical (unpaired) electrons. The second-order valence-corrected chi connectivity index (χ2v) is 12.7. The number of rotatable bonds is 1. The first-order valence-corrected chi connectivity index (χ1v) is 16.0. The summed E-state index contributed by atoms with van der Waals surface area (Å²) in [4.78, 5) is 5.54. The van der Waals surface area contributed by atoms with Gasteiger partial charge in [0.05, 0.1) is 16.7 Å². The highest BCUT2D eigenvalue weighted by atomic mass is 15.1. The first-order chi connectivity index (χ1) is 22.8. The topological polar surface area (TPSA) is 17.8 Å². The van der Waals surface area contributed by atoms with Gasteiger partial charge in [0, 0.05) is 0 Å². The first kappa shape index (κ1) is 24.3. The van der Waals surface area contributed by atoms with Crippen LogP contribution in [0.15, 0.2) is 158 Å². The summed E-state index contributed by atoms with van der Waals surface area (Å²) in [5.41, 5.74) is 11.8. The zero-order chi connectivity index (χ0) is 30.0. The Morgan fingerprint density at radius 2 is 0.913 bits per heavy atom. The molecule has 1 aromatic heterocycles. The van der Waals surface area contributed by atoms with Gasteiger partial charge in [-0.2, -0.15) is 0 Å². The second kappa shape index (κ2) is 8.59. The average Bonchev–Trinajstić information content (AvgIpc) is 3.75. The van der Waals surface area contributed by atoms with Gasteiger partial charge in [0.25, 0.3) is 0 Å². The van der Waals surface area contributed by atoms with E-state index < -0.39 is 5.41 Å². The molecule has 0 unspecified atom stereocenters. The first-order valence-electron chi connectivity index (χ1n) is 16.0. The molecule has 0 bridgehead atoms. The molecule has 2 aliphatic rings. The summed E-state index contributed by atoms with van der Waals surface area (Å²) < 4.78 is 2.41. The van der Waals surface area contributed by atoms with E-state index in [0.29, 0.717) is 0 Å². The Kier molecular flexibility index (Phi) is 4.55. The predicted molar refractivity (Wildman–Crippen MR) is 190 cm³/mol. The van der Waals surface area contributed by atoms with Crippen molar-refractivity contribution in [1.29, 1.82) is 0 Å². The van der Waals surface area contributed by atoms with E-state index in [0.717, 1.165) is 16.9 Å². The van der Waals surface area contributed by atoms with Crippen molar-refractivity contribution >= 4 is 43.4 Å². The fraction of sp³-hybridized carbons (Fsp3) is 0.0227. The van der Waals surface area contributed by atoms with Crippen LogP contribution in [0.2, 0.25) is 0 Å². The zero-order valence-corrected chi connectivity index (χ0v) is 24.9. The van der Waals surface area contributed by atoms with Crippen molar-refractivity contribution in [1.82, 2.24) is 9.55 Å². The summed E-state index contributed by atoms with van der Waals surface area (Å²) in [6.45, 7) is 0. The zero-order valence-electron chi connectivity index (χ0n) is 24.9. The highest BCUT2D eigenvalue weighted by Crippen LogP contribution is 2.60. The number of hydrogen-bond donors (Lipinski definition) is 0. The number of fused-ring (bicyclic) bond motifs is 18. The van der Waals surface area contributed by atoms with Crippen molar-refractivity contribution in [3.63, 3.8) is 0 Å². The van der Waals surface area contributed by atoms with Crippen molar-refractivity contribution < 1.29 is 0 Å².